The van der Waals surface area contributed by atoms with Crippen LogP contribution in [0.15, 0.2) is 24.3 Å². The third kappa shape index (κ3) is 5.77. The molecular weight excluding hydrogens is 357 g/mol. The number of amides is 2. The predicted molar refractivity (Wildman–Crippen MR) is 107 cm³/mol. The minimum absolute atomic E-state index is 0.0517. The van der Waals surface area contributed by atoms with Crippen molar-refractivity contribution < 1.29 is 14.0 Å². The highest BCUT2D eigenvalue weighted by Crippen LogP contribution is 2.20. The van der Waals surface area contributed by atoms with Gasteiger partial charge in [-0.05, 0) is 68.7 Å². The summed E-state index contributed by atoms with van der Waals surface area (Å²) >= 11 is 0. The Balaban J connectivity index is 1.43. The number of likely N-dealkylation sites (tertiary alicyclic amines) is 1. The number of benzene rings is 1. The van der Waals surface area contributed by atoms with Crippen LogP contribution in [0.25, 0.3) is 0 Å². The van der Waals surface area contributed by atoms with Crippen LogP contribution < -0.4 is 10.6 Å². The molecule has 0 radical (unpaired) electrons. The van der Waals surface area contributed by atoms with Gasteiger partial charge in [0.05, 0.1) is 6.04 Å². The first kappa shape index (κ1) is 20.8. The molecule has 0 spiro atoms. The van der Waals surface area contributed by atoms with Gasteiger partial charge in [-0.15, -0.1) is 0 Å². The van der Waals surface area contributed by atoms with Gasteiger partial charge in [-0.2, -0.15) is 0 Å². The van der Waals surface area contributed by atoms with E-state index in [0.29, 0.717) is 31.8 Å². The van der Waals surface area contributed by atoms with Crippen molar-refractivity contribution in [2.45, 2.75) is 51.5 Å². The normalized spacial score (nSPS) is 23.4. The molecular formula is C22H32FN3O2. The van der Waals surface area contributed by atoms with Crippen LogP contribution in [-0.4, -0.2) is 48.9 Å². The number of hydrogen-bond acceptors (Lipinski definition) is 3. The zero-order valence-corrected chi connectivity index (χ0v) is 16.8. The summed E-state index contributed by atoms with van der Waals surface area (Å²) < 4.78 is 13.3. The summed E-state index contributed by atoms with van der Waals surface area (Å²) in [7, 11) is 0. The topological polar surface area (TPSA) is 61.4 Å². The molecule has 5 nitrogen and oxygen atoms in total. The van der Waals surface area contributed by atoms with Crippen molar-refractivity contribution in [1.29, 1.82) is 0 Å². The van der Waals surface area contributed by atoms with E-state index in [-0.39, 0.29) is 29.6 Å². The Bertz CT molecular complexity index is 676. The minimum atomic E-state index is -0.231. The average molecular weight is 390 g/mol. The number of hydrogen-bond donors (Lipinski definition) is 2. The Morgan fingerprint density at radius 1 is 1.32 bits per heavy atom. The molecule has 2 amide bonds. The van der Waals surface area contributed by atoms with E-state index in [9.17, 15) is 14.0 Å². The fourth-order valence-electron chi connectivity index (χ4n) is 4.22. The van der Waals surface area contributed by atoms with Crippen LogP contribution in [0.2, 0.25) is 0 Å². The first-order valence-electron chi connectivity index (χ1n) is 10.6. The molecule has 0 saturated carbocycles. The van der Waals surface area contributed by atoms with Crippen LogP contribution in [0.1, 0.15) is 44.6 Å². The molecule has 6 heteroatoms. The van der Waals surface area contributed by atoms with Crippen molar-refractivity contribution >= 4 is 11.8 Å². The lowest BCUT2D eigenvalue weighted by Crippen LogP contribution is -2.47. The molecule has 0 bridgehead atoms. The summed E-state index contributed by atoms with van der Waals surface area (Å²) in [6.45, 7) is 5.01. The van der Waals surface area contributed by atoms with Crippen molar-refractivity contribution in [1.82, 2.24) is 15.5 Å². The Kier molecular flexibility index (Phi) is 7.43. The summed E-state index contributed by atoms with van der Waals surface area (Å²) in [4.78, 5) is 27.0. The molecule has 3 unspecified atom stereocenters. The maximum absolute atomic E-state index is 13.3. The smallest absolute Gasteiger partial charge is 0.237 e. The maximum atomic E-state index is 13.3. The van der Waals surface area contributed by atoms with Crippen LogP contribution in [0, 0.1) is 17.7 Å². The second-order valence-corrected chi connectivity index (χ2v) is 8.26. The summed E-state index contributed by atoms with van der Waals surface area (Å²) in [5.74, 6) is 0.261. The van der Waals surface area contributed by atoms with Gasteiger partial charge < -0.3 is 15.5 Å². The van der Waals surface area contributed by atoms with Crippen molar-refractivity contribution in [3.63, 3.8) is 0 Å². The largest absolute Gasteiger partial charge is 0.354 e. The summed E-state index contributed by atoms with van der Waals surface area (Å²) in [6.07, 6.45) is 5.39. The number of carbonyl (C=O) groups excluding carboxylic acids is 2. The number of nitrogens with zero attached hydrogens (tertiary/aromatic N) is 1. The van der Waals surface area contributed by atoms with E-state index in [4.69, 9.17) is 0 Å². The molecule has 2 N–H and O–H groups in total. The summed E-state index contributed by atoms with van der Waals surface area (Å²) in [5, 5.41) is 6.28. The predicted octanol–water partition coefficient (Wildman–Crippen LogP) is 2.50. The third-order valence-corrected chi connectivity index (χ3v) is 5.95. The number of aryl methyl sites for hydroxylation is 1. The second kappa shape index (κ2) is 10.0. The van der Waals surface area contributed by atoms with Gasteiger partial charge in [0.25, 0.3) is 0 Å². The van der Waals surface area contributed by atoms with Gasteiger partial charge in [-0.25, -0.2) is 4.39 Å². The maximum Gasteiger partial charge on any atom is 0.237 e. The van der Waals surface area contributed by atoms with E-state index < -0.39 is 0 Å². The van der Waals surface area contributed by atoms with E-state index in [2.05, 4.69) is 10.6 Å². The molecule has 3 atom stereocenters. The molecule has 3 rings (SSSR count). The molecule has 2 aliphatic heterocycles. The number of piperidine rings is 1. The molecule has 0 aromatic heterocycles. The Morgan fingerprint density at radius 3 is 2.93 bits per heavy atom. The molecule has 2 heterocycles. The molecule has 154 valence electrons. The monoisotopic (exact) mass is 389 g/mol. The van der Waals surface area contributed by atoms with Gasteiger partial charge in [-0.1, -0.05) is 19.1 Å². The van der Waals surface area contributed by atoms with Gasteiger partial charge in [-0.3, -0.25) is 9.59 Å². The van der Waals surface area contributed by atoms with Gasteiger partial charge in [0.1, 0.15) is 5.82 Å². The molecule has 1 aromatic carbocycles. The van der Waals surface area contributed by atoms with Crippen molar-refractivity contribution in [2.75, 3.05) is 26.2 Å². The molecule has 28 heavy (non-hydrogen) atoms. The van der Waals surface area contributed by atoms with E-state index in [1.165, 1.54) is 12.1 Å². The second-order valence-electron chi connectivity index (χ2n) is 8.26. The van der Waals surface area contributed by atoms with Crippen LogP contribution in [0.3, 0.4) is 0 Å². The lowest BCUT2D eigenvalue weighted by molar-refractivity contribution is -0.137. The highest BCUT2D eigenvalue weighted by Gasteiger charge is 2.28. The SMILES string of the molecule is CC(CCc1cccc(F)c1)C(=O)N1CCCC(CNC(=O)C2CCCN2)C1. The lowest BCUT2D eigenvalue weighted by Gasteiger charge is -2.34. The van der Waals surface area contributed by atoms with Crippen LogP contribution in [0.4, 0.5) is 4.39 Å². The highest BCUT2D eigenvalue weighted by atomic mass is 19.1. The minimum Gasteiger partial charge on any atom is -0.354 e. The van der Waals surface area contributed by atoms with Gasteiger partial charge in [0.15, 0.2) is 0 Å². The van der Waals surface area contributed by atoms with E-state index in [0.717, 1.165) is 44.3 Å². The standard InChI is InChI=1S/C22H32FN3O2/c1-16(9-10-17-5-2-7-19(23)13-17)22(28)26-12-4-6-18(15-26)14-25-21(27)20-8-3-11-24-20/h2,5,7,13,16,18,20,24H,3-4,6,8-12,14-15H2,1H3,(H,25,27). The number of carbonyl (C=O) groups is 2. The Morgan fingerprint density at radius 2 is 2.18 bits per heavy atom. The molecule has 2 aliphatic rings. The van der Waals surface area contributed by atoms with Gasteiger partial charge in [0, 0.05) is 25.6 Å². The molecule has 2 fully saturated rings. The first-order valence-corrected chi connectivity index (χ1v) is 10.6. The zero-order chi connectivity index (χ0) is 19.9. The van der Waals surface area contributed by atoms with Crippen molar-refractivity contribution in [3.8, 4) is 0 Å². The zero-order valence-electron chi connectivity index (χ0n) is 16.8. The summed E-state index contributed by atoms with van der Waals surface area (Å²) in [6, 6.07) is 6.54. The first-order chi connectivity index (χ1) is 13.5. The average Bonchev–Trinajstić information content (AvgIpc) is 3.25. The van der Waals surface area contributed by atoms with Gasteiger partial charge in [0.2, 0.25) is 11.8 Å². The molecule has 2 saturated heterocycles. The molecule has 1 aromatic rings. The van der Waals surface area contributed by atoms with Crippen LogP contribution in [0.5, 0.6) is 0 Å². The highest BCUT2D eigenvalue weighted by molar-refractivity contribution is 5.82. The fourth-order valence-corrected chi connectivity index (χ4v) is 4.22. The number of nitrogens with one attached hydrogen (secondary N) is 2. The number of rotatable bonds is 7. The summed E-state index contributed by atoms with van der Waals surface area (Å²) in [5.41, 5.74) is 0.930. The van der Waals surface area contributed by atoms with Crippen LogP contribution >= 0.6 is 0 Å². The fraction of sp³-hybridized carbons (Fsp3) is 0.636. The number of halogens is 1. The Hall–Kier alpha value is -1.95. The van der Waals surface area contributed by atoms with Crippen LogP contribution in [-0.2, 0) is 16.0 Å². The van der Waals surface area contributed by atoms with E-state index in [1.807, 2.05) is 17.9 Å². The van der Waals surface area contributed by atoms with E-state index >= 15 is 0 Å². The Labute approximate surface area is 167 Å². The van der Waals surface area contributed by atoms with E-state index in [1.54, 1.807) is 6.07 Å². The lowest BCUT2D eigenvalue weighted by atomic mass is 9.94. The molecule has 0 aliphatic carbocycles. The third-order valence-electron chi connectivity index (χ3n) is 5.95. The van der Waals surface area contributed by atoms with Gasteiger partial charge >= 0.3 is 0 Å². The quantitative estimate of drug-likeness (QED) is 0.753. The van der Waals surface area contributed by atoms with Crippen molar-refractivity contribution in [3.05, 3.63) is 35.6 Å². The van der Waals surface area contributed by atoms with Crippen molar-refractivity contribution in [2.24, 2.45) is 11.8 Å².